The molecule has 3 rings (SSSR count). The van der Waals surface area contributed by atoms with Gasteiger partial charge in [0.1, 0.15) is 9.88 Å². The number of amides is 1. The van der Waals surface area contributed by atoms with E-state index in [2.05, 4.69) is 5.32 Å². The molecule has 33 heavy (non-hydrogen) atoms. The Labute approximate surface area is 196 Å². The first kappa shape index (κ1) is 24.9. The van der Waals surface area contributed by atoms with Gasteiger partial charge in [0.05, 0.1) is 24.7 Å². The molecule has 11 heteroatoms. The second-order valence-corrected chi connectivity index (χ2v) is 10.6. The molecule has 2 aromatic rings. The topological polar surface area (TPSA) is 119 Å². The molecule has 1 saturated heterocycles. The Morgan fingerprint density at radius 3 is 2.27 bits per heavy atom. The fourth-order valence-electron chi connectivity index (χ4n) is 3.75. The number of anilines is 1. The molecule has 1 amide bonds. The first-order chi connectivity index (χ1) is 15.6. The van der Waals surface area contributed by atoms with Crippen molar-refractivity contribution in [2.75, 3.05) is 26.1 Å². The van der Waals surface area contributed by atoms with Gasteiger partial charge in [0.25, 0.3) is 5.91 Å². The van der Waals surface area contributed by atoms with Gasteiger partial charge in [-0.1, -0.05) is 6.42 Å². The molecule has 0 aliphatic carbocycles. The molecule has 1 atom stereocenters. The molecule has 1 aromatic heterocycles. The van der Waals surface area contributed by atoms with E-state index in [9.17, 15) is 22.8 Å². The number of hydrogen-bond donors (Lipinski definition) is 1. The number of esters is 2. The number of sulfonamides is 1. The van der Waals surface area contributed by atoms with E-state index < -0.39 is 27.9 Å². The molecule has 1 aliphatic heterocycles. The van der Waals surface area contributed by atoms with E-state index in [0.717, 1.165) is 30.6 Å². The lowest BCUT2D eigenvalue weighted by Gasteiger charge is -2.32. The second-order valence-electron chi connectivity index (χ2n) is 7.68. The van der Waals surface area contributed by atoms with Gasteiger partial charge in [-0.3, -0.25) is 4.79 Å². The zero-order chi connectivity index (χ0) is 24.3. The number of nitrogens with zero attached hydrogens (tertiary/aromatic N) is 1. The summed E-state index contributed by atoms with van der Waals surface area (Å²) in [5, 5.41) is 2.76. The average Bonchev–Trinajstić information content (AvgIpc) is 3.13. The number of hydrogen-bond acceptors (Lipinski definition) is 8. The van der Waals surface area contributed by atoms with E-state index >= 15 is 0 Å². The van der Waals surface area contributed by atoms with E-state index in [-0.39, 0.29) is 31.9 Å². The van der Waals surface area contributed by atoms with Gasteiger partial charge in [0.2, 0.25) is 10.0 Å². The van der Waals surface area contributed by atoms with Gasteiger partial charge in [-0.2, -0.15) is 4.31 Å². The Hall–Kier alpha value is -2.76. The summed E-state index contributed by atoms with van der Waals surface area (Å²) in [6.45, 7) is 3.93. The maximum absolute atomic E-state index is 13.0. The monoisotopic (exact) mass is 494 g/mol. The number of piperidine rings is 1. The van der Waals surface area contributed by atoms with E-state index in [1.165, 1.54) is 42.8 Å². The smallest absolute Gasteiger partial charge is 0.348 e. The summed E-state index contributed by atoms with van der Waals surface area (Å²) in [5.41, 5.74) is 0.600. The molecule has 1 aromatic carbocycles. The molecule has 1 fully saturated rings. The number of nitrogens with one attached hydrogen (secondary N) is 1. The third-order valence-corrected chi connectivity index (χ3v) is 8.81. The highest BCUT2D eigenvalue weighted by Crippen LogP contribution is 2.34. The molecule has 1 unspecified atom stereocenters. The molecule has 0 radical (unpaired) electrons. The molecule has 1 N–H and O–H groups in total. The molecule has 1 aliphatic rings. The van der Waals surface area contributed by atoms with Gasteiger partial charge in [0, 0.05) is 18.2 Å². The predicted molar refractivity (Wildman–Crippen MR) is 123 cm³/mol. The molecule has 0 bridgehead atoms. The van der Waals surface area contributed by atoms with Crippen LogP contribution in [-0.2, 0) is 19.5 Å². The summed E-state index contributed by atoms with van der Waals surface area (Å²) in [7, 11) is -1.24. The lowest BCUT2D eigenvalue weighted by Crippen LogP contribution is -2.41. The van der Waals surface area contributed by atoms with Crippen LogP contribution in [0.1, 0.15) is 62.1 Å². The minimum absolute atomic E-state index is 0.0644. The molecular weight excluding hydrogens is 468 g/mol. The number of ether oxygens (including phenoxy) is 2. The number of methoxy groups -OCH3 is 2. The zero-order valence-corrected chi connectivity index (χ0v) is 20.5. The van der Waals surface area contributed by atoms with Crippen LogP contribution in [0, 0.1) is 6.92 Å². The summed E-state index contributed by atoms with van der Waals surface area (Å²) < 4.78 is 37.0. The minimum Gasteiger partial charge on any atom is -0.465 e. The maximum Gasteiger partial charge on any atom is 0.348 e. The Morgan fingerprint density at radius 1 is 1.06 bits per heavy atom. The Kier molecular flexibility index (Phi) is 7.55. The summed E-state index contributed by atoms with van der Waals surface area (Å²) in [6.07, 6.45) is 2.64. The number of carbonyl (C=O) groups excluding carboxylic acids is 3. The Morgan fingerprint density at radius 2 is 1.70 bits per heavy atom. The van der Waals surface area contributed by atoms with Crippen molar-refractivity contribution in [3.05, 3.63) is 45.8 Å². The third-order valence-electron chi connectivity index (χ3n) is 5.60. The van der Waals surface area contributed by atoms with Crippen molar-refractivity contribution in [1.29, 1.82) is 0 Å². The zero-order valence-electron chi connectivity index (χ0n) is 18.8. The third kappa shape index (κ3) is 4.94. The fraction of sp³-hybridized carbons (Fsp3) is 0.409. The lowest BCUT2D eigenvalue weighted by molar-refractivity contribution is 0.0601. The minimum atomic E-state index is -3.66. The highest BCUT2D eigenvalue weighted by Gasteiger charge is 2.31. The highest BCUT2D eigenvalue weighted by molar-refractivity contribution is 7.89. The van der Waals surface area contributed by atoms with Crippen molar-refractivity contribution in [2.24, 2.45) is 0 Å². The van der Waals surface area contributed by atoms with Crippen molar-refractivity contribution in [1.82, 2.24) is 4.31 Å². The largest absolute Gasteiger partial charge is 0.465 e. The Balaban J connectivity index is 1.86. The standard InChI is InChI=1S/C22H26N2O7S2/c1-13-7-5-6-12-24(13)33(28,29)16-10-8-15(9-11-16)19(25)23-20-17(21(26)30-3)14(2)18(32-20)22(27)31-4/h8-11,13H,5-7,12H2,1-4H3,(H,23,25). The molecule has 178 valence electrons. The van der Waals surface area contributed by atoms with Crippen LogP contribution in [0.2, 0.25) is 0 Å². The van der Waals surface area contributed by atoms with Gasteiger partial charge in [-0.15, -0.1) is 11.3 Å². The van der Waals surface area contributed by atoms with Gasteiger partial charge >= 0.3 is 11.9 Å². The SMILES string of the molecule is COC(=O)c1sc(NC(=O)c2ccc(S(=O)(=O)N3CCCCC3C)cc2)c(C(=O)OC)c1C. The number of thiophene rings is 1. The average molecular weight is 495 g/mol. The van der Waals surface area contributed by atoms with E-state index in [1.807, 2.05) is 6.92 Å². The number of rotatable bonds is 6. The summed E-state index contributed by atoms with van der Waals surface area (Å²) in [5.74, 6) is -1.90. The van der Waals surface area contributed by atoms with E-state index in [4.69, 9.17) is 9.47 Å². The summed E-state index contributed by atoms with van der Waals surface area (Å²) in [4.78, 5) is 37.4. The van der Waals surface area contributed by atoms with Crippen LogP contribution in [0.5, 0.6) is 0 Å². The van der Waals surface area contributed by atoms with Gasteiger partial charge < -0.3 is 14.8 Å². The number of carbonyl (C=O) groups is 3. The molecule has 2 heterocycles. The van der Waals surface area contributed by atoms with E-state index in [1.54, 1.807) is 6.92 Å². The maximum atomic E-state index is 13.0. The van der Waals surface area contributed by atoms with E-state index in [0.29, 0.717) is 12.1 Å². The van der Waals surface area contributed by atoms with Gasteiger partial charge in [-0.05, 0) is 56.5 Å². The first-order valence-corrected chi connectivity index (χ1v) is 12.6. The normalized spacial score (nSPS) is 16.8. The molecule has 9 nitrogen and oxygen atoms in total. The van der Waals surface area contributed by atoms with Crippen LogP contribution in [-0.4, -0.2) is 57.4 Å². The summed E-state index contributed by atoms with van der Waals surface area (Å²) >= 11 is 0.902. The van der Waals surface area contributed by atoms with Crippen molar-refractivity contribution < 1.29 is 32.3 Å². The van der Waals surface area contributed by atoms with Crippen molar-refractivity contribution in [2.45, 2.75) is 44.0 Å². The fourth-order valence-corrected chi connectivity index (χ4v) is 6.56. The van der Waals surface area contributed by atoms with Crippen LogP contribution < -0.4 is 5.32 Å². The first-order valence-electron chi connectivity index (χ1n) is 10.3. The lowest BCUT2D eigenvalue weighted by atomic mass is 10.1. The highest BCUT2D eigenvalue weighted by atomic mass is 32.2. The predicted octanol–water partition coefficient (Wildman–Crippen LogP) is 3.45. The van der Waals surface area contributed by atoms with Crippen LogP contribution in [0.25, 0.3) is 0 Å². The molecule has 0 spiro atoms. The number of benzene rings is 1. The van der Waals surface area contributed by atoms with Crippen LogP contribution >= 0.6 is 11.3 Å². The van der Waals surface area contributed by atoms with Crippen molar-refractivity contribution >= 4 is 44.2 Å². The Bertz CT molecular complexity index is 1170. The summed E-state index contributed by atoms with van der Waals surface area (Å²) in [6, 6.07) is 5.54. The second kappa shape index (κ2) is 10.0. The van der Waals surface area contributed by atoms with Gasteiger partial charge in [0.15, 0.2) is 0 Å². The van der Waals surface area contributed by atoms with Gasteiger partial charge in [-0.25, -0.2) is 18.0 Å². The molecular formula is C22H26N2O7S2. The molecule has 0 saturated carbocycles. The quantitative estimate of drug-likeness (QED) is 0.611. The van der Waals surface area contributed by atoms with Crippen molar-refractivity contribution in [3.63, 3.8) is 0 Å². The van der Waals surface area contributed by atoms with Crippen LogP contribution in [0.3, 0.4) is 0 Å². The van der Waals surface area contributed by atoms with Crippen LogP contribution in [0.4, 0.5) is 5.00 Å². The van der Waals surface area contributed by atoms with Crippen LogP contribution in [0.15, 0.2) is 29.2 Å². The van der Waals surface area contributed by atoms with Crippen molar-refractivity contribution in [3.8, 4) is 0 Å².